The zero-order chi connectivity index (χ0) is 70.2. The lowest BCUT2D eigenvalue weighted by Crippen LogP contribution is -2.51. The molecule has 5 aliphatic rings. The van der Waals surface area contributed by atoms with Crippen LogP contribution in [0.4, 0.5) is 0 Å². The highest BCUT2D eigenvalue weighted by atomic mass is 35.5. The topological polar surface area (TPSA) is 250 Å². The number of nitrogens with zero attached hydrogens (tertiary/aromatic N) is 3. The van der Waals surface area contributed by atoms with Gasteiger partial charge >= 0.3 is 0 Å². The van der Waals surface area contributed by atoms with Crippen molar-refractivity contribution in [3.8, 4) is 46.0 Å². The lowest BCUT2D eigenvalue weighted by atomic mass is 9.99. The zero-order valence-corrected chi connectivity index (χ0v) is 56.8. The first-order valence-electron chi connectivity index (χ1n) is 34.0. The molecule has 0 aliphatic carbocycles. The SMILES string of the molecule is Cc1cc(CCC(=O)N(CCc2ccc3c(c2)OCO3)CC(O)C(Cc2ccccc2)NC(=O)CCc2ccc3c(c2)OCO3)ccc1Cl.O=C(CCc1ccc2c(c1)OCO2)NC(Cc1ccccc1)C(O)CN(CCc1ccc2c(c1)OCO2)C(=O)CCN1C(=O)c2ccccc2C1=O. The molecule has 22 heteroatoms. The van der Waals surface area contributed by atoms with E-state index in [0.717, 1.165) is 49.4 Å². The number of halogens is 1. The molecule has 13 rings (SSSR count). The van der Waals surface area contributed by atoms with E-state index in [0.29, 0.717) is 114 Å². The Bertz CT molecular complexity index is 4240. The maximum Gasteiger partial charge on any atom is 0.261 e. The molecule has 4 atom stereocenters. The number of aliphatic hydroxyl groups is 2. The minimum atomic E-state index is -1.14. The molecule has 21 nitrogen and oxygen atoms in total. The first-order valence-corrected chi connectivity index (χ1v) is 34.3. The number of benzene rings is 8. The van der Waals surface area contributed by atoms with Gasteiger partial charge in [-0.25, -0.2) is 0 Å². The van der Waals surface area contributed by atoms with Gasteiger partial charge in [0.15, 0.2) is 46.0 Å². The van der Waals surface area contributed by atoms with Crippen LogP contribution in [-0.2, 0) is 64.1 Å². The van der Waals surface area contributed by atoms with Crippen LogP contribution in [0.2, 0.25) is 5.02 Å². The normalized spacial score (nSPS) is 14.5. The molecule has 8 aromatic rings. The van der Waals surface area contributed by atoms with Crippen molar-refractivity contribution in [1.82, 2.24) is 25.3 Å². The molecule has 0 bridgehead atoms. The van der Waals surface area contributed by atoms with Gasteiger partial charge in [-0.1, -0.05) is 121 Å². The summed E-state index contributed by atoms with van der Waals surface area (Å²) in [6.45, 7) is 3.09. The van der Waals surface area contributed by atoms with Crippen LogP contribution in [0.5, 0.6) is 46.0 Å². The molecule has 0 saturated carbocycles. The highest BCUT2D eigenvalue weighted by molar-refractivity contribution is 6.31. The Kier molecular flexibility index (Phi) is 23.3. The number of rotatable bonds is 30. The second kappa shape index (κ2) is 33.5. The van der Waals surface area contributed by atoms with Crippen molar-refractivity contribution in [3.05, 3.63) is 237 Å². The fourth-order valence-corrected chi connectivity index (χ4v) is 12.8. The number of ether oxygens (including phenoxy) is 8. The van der Waals surface area contributed by atoms with E-state index in [1.807, 2.05) is 159 Å². The summed E-state index contributed by atoms with van der Waals surface area (Å²) in [7, 11) is 0. The van der Waals surface area contributed by atoms with Crippen LogP contribution in [0.15, 0.2) is 176 Å². The molecule has 0 saturated heterocycles. The van der Waals surface area contributed by atoms with Gasteiger partial charge in [-0.2, -0.15) is 0 Å². The number of imide groups is 1. The summed E-state index contributed by atoms with van der Waals surface area (Å²) in [6, 6.07) is 52.8. The average molecular weight is 1390 g/mol. The summed E-state index contributed by atoms with van der Waals surface area (Å²) in [4.78, 5) is 84.6. The van der Waals surface area contributed by atoms with E-state index < -0.39 is 36.1 Å². The molecular weight excluding hydrogens is 1310 g/mol. The van der Waals surface area contributed by atoms with Crippen LogP contribution in [0.3, 0.4) is 0 Å². The van der Waals surface area contributed by atoms with Gasteiger partial charge in [0, 0.05) is 63.4 Å². The molecule has 524 valence electrons. The van der Waals surface area contributed by atoms with E-state index in [1.54, 1.807) is 29.2 Å². The monoisotopic (exact) mass is 1390 g/mol. The lowest BCUT2D eigenvalue weighted by molar-refractivity contribution is -0.134. The second-order valence-electron chi connectivity index (χ2n) is 25.4. The highest BCUT2D eigenvalue weighted by Crippen LogP contribution is 2.36. The van der Waals surface area contributed by atoms with Crippen molar-refractivity contribution in [2.24, 2.45) is 0 Å². The van der Waals surface area contributed by atoms with Crippen molar-refractivity contribution in [2.45, 2.75) is 102 Å². The van der Waals surface area contributed by atoms with Gasteiger partial charge in [0.25, 0.3) is 11.8 Å². The van der Waals surface area contributed by atoms with Gasteiger partial charge in [-0.15, -0.1) is 0 Å². The number of nitrogens with one attached hydrogen (secondary N) is 2. The third-order valence-electron chi connectivity index (χ3n) is 18.4. The number of aliphatic hydroxyl groups excluding tert-OH is 2. The minimum Gasteiger partial charge on any atom is -0.454 e. The molecule has 5 aliphatic heterocycles. The van der Waals surface area contributed by atoms with E-state index in [9.17, 15) is 39.0 Å². The van der Waals surface area contributed by atoms with Gasteiger partial charge in [0.1, 0.15) is 0 Å². The number of hydrogen-bond acceptors (Lipinski definition) is 16. The minimum absolute atomic E-state index is 0.0585. The fourth-order valence-electron chi connectivity index (χ4n) is 12.7. The molecule has 0 radical (unpaired) electrons. The molecule has 8 aromatic carbocycles. The molecular formula is C79H80ClN5O16. The van der Waals surface area contributed by atoms with Gasteiger partial charge in [0.2, 0.25) is 50.8 Å². The van der Waals surface area contributed by atoms with E-state index >= 15 is 0 Å². The van der Waals surface area contributed by atoms with Crippen molar-refractivity contribution < 1.29 is 76.9 Å². The molecule has 5 heterocycles. The summed E-state index contributed by atoms with van der Waals surface area (Å²) in [6.07, 6.45) is 1.59. The number of aryl methyl sites for hydroxylation is 4. The van der Waals surface area contributed by atoms with Gasteiger partial charge in [-0.05, 0) is 163 Å². The number of hydrogen-bond donors (Lipinski definition) is 4. The number of carbonyl (C=O) groups is 6. The average Bonchev–Trinajstić information content (AvgIpc) is 1.63. The van der Waals surface area contributed by atoms with E-state index in [2.05, 4.69) is 10.6 Å². The standard InChI is InChI=1S/C40H39N3O9.C39H41ClN2O7/c44-32(31(20-26-6-2-1-3-7-26)41-37(45)15-12-27-10-13-33-35(21-27)51-24-49-33)23-42(18-16-28-11-14-34-36(22-28)52-25-50-34)38(46)17-19-43-39(47)29-8-4-5-9-30(29)40(43)48;1-26-19-28(7-12-31(26)40)11-16-39(45)42(18-17-30-9-14-35-37(22-30)49-25-47-35)23-33(43)32(20-27-5-3-2-4-6-27)41-38(44)15-10-29-8-13-34-36(21-29)48-24-46-34/h1-11,13-14,21-22,31-32,44H,12,15-20,23-25H2,(H,41,45);2-9,12-14,19,21-22,32-33,43H,10-11,15-18,20,23-25H2,1H3,(H,41,44). The summed E-state index contributed by atoms with van der Waals surface area (Å²) >= 11 is 6.22. The third-order valence-corrected chi connectivity index (χ3v) is 18.8. The molecule has 0 aromatic heterocycles. The lowest BCUT2D eigenvalue weighted by Gasteiger charge is -2.31. The molecule has 0 fully saturated rings. The van der Waals surface area contributed by atoms with Gasteiger partial charge in [-0.3, -0.25) is 33.7 Å². The zero-order valence-electron chi connectivity index (χ0n) is 56.0. The van der Waals surface area contributed by atoms with Crippen molar-refractivity contribution in [1.29, 1.82) is 0 Å². The maximum absolute atomic E-state index is 13.9. The van der Waals surface area contributed by atoms with Crippen LogP contribution in [0.25, 0.3) is 0 Å². The van der Waals surface area contributed by atoms with Gasteiger partial charge in [0.05, 0.1) is 35.4 Å². The number of fused-ring (bicyclic) bond motifs is 5. The summed E-state index contributed by atoms with van der Waals surface area (Å²) in [5.74, 6) is 3.58. The third kappa shape index (κ3) is 18.6. The first-order chi connectivity index (χ1) is 49.1. The molecule has 101 heavy (non-hydrogen) atoms. The Morgan fingerprint density at radius 3 is 1.18 bits per heavy atom. The van der Waals surface area contributed by atoms with Crippen molar-refractivity contribution in [3.63, 3.8) is 0 Å². The largest absolute Gasteiger partial charge is 0.454 e. The highest BCUT2D eigenvalue weighted by Gasteiger charge is 2.36. The Hall–Kier alpha value is -10.6. The van der Waals surface area contributed by atoms with Crippen LogP contribution >= 0.6 is 11.6 Å². The summed E-state index contributed by atoms with van der Waals surface area (Å²) in [5, 5.41) is 30.2. The van der Waals surface area contributed by atoms with E-state index in [-0.39, 0.29) is 103 Å². The predicted octanol–water partition coefficient (Wildman–Crippen LogP) is 9.75. The molecule has 4 N–H and O–H groups in total. The fraction of sp³-hybridized carbons (Fsp3) is 0.316. The quantitative estimate of drug-likeness (QED) is 0.0306. The van der Waals surface area contributed by atoms with E-state index in [1.165, 1.54) is 4.90 Å². The van der Waals surface area contributed by atoms with E-state index in [4.69, 9.17) is 49.5 Å². The predicted molar refractivity (Wildman–Crippen MR) is 375 cm³/mol. The van der Waals surface area contributed by atoms with Crippen LogP contribution in [0, 0.1) is 6.92 Å². The smallest absolute Gasteiger partial charge is 0.261 e. The van der Waals surface area contributed by atoms with Crippen molar-refractivity contribution in [2.75, 3.05) is 59.9 Å². The second-order valence-corrected chi connectivity index (χ2v) is 25.8. The van der Waals surface area contributed by atoms with Crippen molar-refractivity contribution >= 4 is 47.0 Å². The van der Waals surface area contributed by atoms with Crippen LogP contribution in [0.1, 0.15) is 90.9 Å². The summed E-state index contributed by atoms with van der Waals surface area (Å²) in [5.41, 5.74) is 8.24. The molecule has 6 amide bonds. The first kappa shape index (κ1) is 70.3. The number of carbonyl (C=O) groups excluding carboxylic acids is 6. The van der Waals surface area contributed by atoms with Gasteiger partial charge < -0.3 is 68.5 Å². The Morgan fingerprint density at radius 1 is 0.426 bits per heavy atom. The number of amides is 6. The Morgan fingerprint density at radius 2 is 0.772 bits per heavy atom. The maximum atomic E-state index is 13.9. The molecule has 4 unspecified atom stereocenters. The van der Waals surface area contributed by atoms with Crippen LogP contribution < -0.4 is 48.5 Å². The summed E-state index contributed by atoms with van der Waals surface area (Å²) < 4.78 is 43.7. The molecule has 0 spiro atoms. The Labute approximate surface area is 590 Å². The Balaban J connectivity index is 0.000000191. The van der Waals surface area contributed by atoms with Crippen LogP contribution in [-0.4, -0.2) is 145 Å².